The number of nitrogens with zero attached hydrogens (tertiary/aromatic N) is 8. The first-order chi connectivity index (χ1) is 19.5. The molecular formula is C28H26N8O4. The number of hydrogen-bond donors (Lipinski definition) is 1. The molecular weight excluding hydrogens is 512 g/mol. The highest BCUT2D eigenvalue weighted by Gasteiger charge is 2.44. The Morgan fingerprint density at radius 3 is 2.08 bits per heavy atom. The van der Waals surface area contributed by atoms with Crippen molar-refractivity contribution in [2.75, 3.05) is 6.61 Å². The number of benzene rings is 3. The Labute approximate surface area is 228 Å². The van der Waals surface area contributed by atoms with E-state index in [0.717, 1.165) is 5.52 Å². The molecule has 1 unspecified atom stereocenters. The van der Waals surface area contributed by atoms with E-state index in [2.05, 4.69) is 20.6 Å². The summed E-state index contributed by atoms with van der Waals surface area (Å²) in [5, 5.41) is 27.8. The fourth-order valence-corrected chi connectivity index (χ4v) is 5.05. The maximum atomic E-state index is 14.3. The molecule has 0 bridgehead atoms. The van der Waals surface area contributed by atoms with E-state index in [9.17, 15) is 14.7 Å². The number of amides is 2. The van der Waals surface area contributed by atoms with E-state index in [4.69, 9.17) is 4.74 Å². The van der Waals surface area contributed by atoms with Crippen molar-refractivity contribution in [3.8, 4) is 5.75 Å². The summed E-state index contributed by atoms with van der Waals surface area (Å²) in [7, 11) is 0. The molecule has 12 heteroatoms. The predicted molar refractivity (Wildman–Crippen MR) is 144 cm³/mol. The Hall–Kier alpha value is -5.26. The zero-order valence-corrected chi connectivity index (χ0v) is 21.9. The quantitative estimate of drug-likeness (QED) is 0.310. The zero-order valence-electron chi connectivity index (χ0n) is 21.9. The monoisotopic (exact) mass is 538 g/mol. The van der Waals surface area contributed by atoms with Gasteiger partial charge in [-0.15, -0.1) is 10.2 Å². The molecule has 5 aromatic rings. The molecule has 0 saturated carbocycles. The lowest BCUT2D eigenvalue weighted by atomic mass is 9.92. The summed E-state index contributed by atoms with van der Waals surface area (Å²) in [6.07, 6.45) is 0. The van der Waals surface area contributed by atoms with Gasteiger partial charge in [-0.1, -0.05) is 52.9 Å². The number of phenols is 1. The molecule has 0 radical (unpaired) electrons. The molecule has 1 N–H and O–H groups in total. The van der Waals surface area contributed by atoms with Crippen LogP contribution in [-0.2, 0) is 22.9 Å². The van der Waals surface area contributed by atoms with Crippen LogP contribution in [0, 0.1) is 0 Å². The number of para-hydroxylation sites is 3. The number of rotatable bonds is 7. The van der Waals surface area contributed by atoms with Gasteiger partial charge in [-0.3, -0.25) is 9.80 Å². The second kappa shape index (κ2) is 10.1. The fraction of sp³-hybridized carbons (Fsp3) is 0.214. The molecule has 2 aromatic heterocycles. The number of urea groups is 1. The van der Waals surface area contributed by atoms with Gasteiger partial charge in [0.2, 0.25) is 0 Å². The van der Waals surface area contributed by atoms with Crippen LogP contribution in [0.2, 0.25) is 0 Å². The average Bonchev–Trinajstić information content (AvgIpc) is 3.57. The number of carbonyl (C=O) groups excluding carboxylic acids is 2. The van der Waals surface area contributed by atoms with Crippen LogP contribution >= 0.6 is 0 Å². The van der Waals surface area contributed by atoms with Crippen molar-refractivity contribution in [3.05, 3.63) is 89.6 Å². The van der Waals surface area contributed by atoms with Crippen molar-refractivity contribution in [1.29, 1.82) is 0 Å². The lowest BCUT2D eigenvalue weighted by Gasteiger charge is -2.42. The molecule has 0 spiro atoms. The third kappa shape index (κ3) is 4.19. The highest BCUT2D eigenvalue weighted by Crippen LogP contribution is 2.41. The van der Waals surface area contributed by atoms with Gasteiger partial charge in [-0.25, -0.2) is 19.0 Å². The van der Waals surface area contributed by atoms with Crippen LogP contribution in [0.25, 0.3) is 22.1 Å². The maximum absolute atomic E-state index is 14.3. The predicted octanol–water partition coefficient (Wildman–Crippen LogP) is 3.81. The Balaban J connectivity index is 1.52. The highest BCUT2D eigenvalue weighted by atomic mass is 16.5. The number of aromatic hydroxyl groups is 1. The number of aromatic nitrogens is 6. The molecule has 1 aliphatic rings. The van der Waals surface area contributed by atoms with Crippen LogP contribution < -0.4 is 0 Å². The summed E-state index contributed by atoms with van der Waals surface area (Å²) < 4.78 is 8.66. The first-order valence-electron chi connectivity index (χ1n) is 12.8. The maximum Gasteiger partial charge on any atom is 0.338 e. The number of ether oxygens (including phenoxy) is 1. The second-order valence-electron chi connectivity index (χ2n) is 9.30. The summed E-state index contributed by atoms with van der Waals surface area (Å²) in [6.45, 7) is 3.49. The Bertz CT molecular complexity index is 1770. The van der Waals surface area contributed by atoms with E-state index in [1.54, 1.807) is 41.4 Å². The number of carbonyl (C=O) groups is 2. The van der Waals surface area contributed by atoms with E-state index < -0.39 is 18.0 Å². The van der Waals surface area contributed by atoms with Crippen molar-refractivity contribution in [1.82, 2.24) is 39.8 Å². The van der Waals surface area contributed by atoms with Crippen molar-refractivity contribution in [3.63, 3.8) is 0 Å². The molecule has 202 valence electrons. The van der Waals surface area contributed by atoms with Crippen molar-refractivity contribution in [2.24, 2.45) is 0 Å². The number of hydrogen-bond acceptors (Lipinski definition) is 8. The Kier molecular flexibility index (Phi) is 6.34. The lowest BCUT2D eigenvalue weighted by Crippen LogP contribution is -2.51. The van der Waals surface area contributed by atoms with E-state index in [-0.39, 0.29) is 31.3 Å². The highest BCUT2D eigenvalue weighted by molar-refractivity contribution is 5.95. The number of phenolic OH excluding ortho intramolecular Hbond substituents is 1. The van der Waals surface area contributed by atoms with Crippen molar-refractivity contribution in [2.45, 2.75) is 33.2 Å². The Morgan fingerprint density at radius 2 is 1.45 bits per heavy atom. The van der Waals surface area contributed by atoms with Gasteiger partial charge < -0.3 is 9.84 Å². The van der Waals surface area contributed by atoms with E-state index in [0.29, 0.717) is 27.8 Å². The third-order valence-electron chi connectivity index (χ3n) is 6.99. The summed E-state index contributed by atoms with van der Waals surface area (Å²) >= 11 is 0. The topological polar surface area (TPSA) is 131 Å². The van der Waals surface area contributed by atoms with E-state index in [1.807, 2.05) is 48.5 Å². The van der Waals surface area contributed by atoms with Gasteiger partial charge in [0.25, 0.3) is 0 Å². The molecule has 2 amide bonds. The van der Waals surface area contributed by atoms with Gasteiger partial charge in [0.05, 0.1) is 29.3 Å². The largest absolute Gasteiger partial charge is 0.508 e. The van der Waals surface area contributed by atoms with Crippen LogP contribution in [0.15, 0.2) is 84.1 Å². The van der Waals surface area contributed by atoms with Gasteiger partial charge in [0.15, 0.2) is 0 Å². The van der Waals surface area contributed by atoms with Crippen LogP contribution in [-0.4, -0.2) is 63.5 Å². The van der Waals surface area contributed by atoms with Gasteiger partial charge in [0, 0.05) is 11.3 Å². The van der Waals surface area contributed by atoms with Gasteiger partial charge in [-0.05, 0) is 44.2 Å². The minimum Gasteiger partial charge on any atom is -0.508 e. The number of esters is 1. The standard InChI is InChI=1S/C28H26N8O4/c1-3-40-27(38)25-18(2)33(16-35-22-13-7-5-11-20(22)29-31-35)28(39)34(26(25)19-10-4-9-15-24(19)37)17-36-23-14-8-6-12-21(23)30-32-36/h4-15,26,37H,3,16-17H2,1-2H3. The van der Waals surface area contributed by atoms with Crippen molar-refractivity contribution >= 4 is 34.1 Å². The van der Waals surface area contributed by atoms with Gasteiger partial charge >= 0.3 is 12.0 Å². The first-order valence-corrected chi connectivity index (χ1v) is 12.8. The second-order valence-corrected chi connectivity index (χ2v) is 9.30. The van der Waals surface area contributed by atoms with Crippen molar-refractivity contribution < 1.29 is 19.4 Å². The minimum absolute atomic E-state index is 0.00379. The average molecular weight is 539 g/mol. The normalized spacial score (nSPS) is 15.8. The molecule has 0 saturated heterocycles. The number of allylic oxidation sites excluding steroid dienone is 1. The summed E-state index contributed by atoms with van der Waals surface area (Å²) in [5.41, 5.74) is 3.77. The third-order valence-corrected chi connectivity index (χ3v) is 6.99. The summed E-state index contributed by atoms with van der Waals surface area (Å²) in [6, 6.07) is 20.1. The lowest BCUT2D eigenvalue weighted by molar-refractivity contribution is -0.139. The van der Waals surface area contributed by atoms with E-state index >= 15 is 0 Å². The van der Waals surface area contributed by atoms with Gasteiger partial charge in [0.1, 0.15) is 30.1 Å². The molecule has 40 heavy (non-hydrogen) atoms. The molecule has 3 heterocycles. The molecule has 12 nitrogen and oxygen atoms in total. The molecule has 0 fully saturated rings. The zero-order chi connectivity index (χ0) is 27.8. The van der Waals surface area contributed by atoms with Crippen LogP contribution in [0.1, 0.15) is 25.5 Å². The van der Waals surface area contributed by atoms with Crippen LogP contribution in [0.4, 0.5) is 4.79 Å². The minimum atomic E-state index is -0.959. The molecule has 0 aliphatic carbocycles. The molecule has 3 aromatic carbocycles. The smallest absolute Gasteiger partial charge is 0.338 e. The summed E-state index contributed by atoms with van der Waals surface area (Å²) in [4.78, 5) is 30.8. The fourth-order valence-electron chi connectivity index (χ4n) is 5.05. The Morgan fingerprint density at radius 1 is 0.875 bits per heavy atom. The molecule has 6 rings (SSSR count). The summed E-state index contributed by atoms with van der Waals surface area (Å²) in [5.74, 6) is -0.651. The SMILES string of the molecule is CCOC(=O)C1=C(C)N(Cn2nnc3ccccc32)C(=O)N(Cn2nnc3ccccc32)C1c1ccccc1O. The van der Waals surface area contributed by atoms with Crippen LogP contribution in [0.3, 0.4) is 0 Å². The van der Waals surface area contributed by atoms with E-state index in [1.165, 1.54) is 15.9 Å². The first kappa shape index (κ1) is 25.0. The molecule has 1 aliphatic heterocycles. The number of fused-ring (bicyclic) bond motifs is 2. The van der Waals surface area contributed by atoms with Crippen LogP contribution in [0.5, 0.6) is 5.75 Å². The molecule has 1 atom stereocenters. The van der Waals surface area contributed by atoms with Gasteiger partial charge in [-0.2, -0.15) is 0 Å².